The summed E-state index contributed by atoms with van der Waals surface area (Å²) in [6.07, 6.45) is 0. The topological polar surface area (TPSA) is 88.2 Å². The molecule has 0 aliphatic carbocycles. The van der Waals surface area contributed by atoms with Crippen molar-refractivity contribution in [1.82, 2.24) is 4.98 Å². The van der Waals surface area contributed by atoms with Gasteiger partial charge in [-0.1, -0.05) is 17.7 Å². The van der Waals surface area contributed by atoms with Crippen molar-refractivity contribution < 1.29 is 9.90 Å². The standard InChI is InChI=1S/C12H12ClN3O2S/c1-6-2-3-8(7(13)4-6)15-12-16-9(5-19-12)10(14)11(17)18/h2-5,10H,14H2,1H3,(H,15,16)(H,17,18). The Morgan fingerprint density at radius 1 is 1.58 bits per heavy atom. The lowest BCUT2D eigenvalue weighted by Crippen LogP contribution is -2.20. The van der Waals surface area contributed by atoms with Crippen LogP contribution in [0.15, 0.2) is 23.6 Å². The average molecular weight is 298 g/mol. The van der Waals surface area contributed by atoms with Crippen LogP contribution in [0.25, 0.3) is 0 Å². The van der Waals surface area contributed by atoms with Gasteiger partial charge in [-0.3, -0.25) is 4.79 Å². The predicted octanol–water partition coefficient (Wildman–Crippen LogP) is 2.93. The van der Waals surface area contributed by atoms with Gasteiger partial charge in [-0.2, -0.15) is 0 Å². The fraction of sp³-hybridized carbons (Fsp3) is 0.167. The first kappa shape index (κ1) is 13.8. The van der Waals surface area contributed by atoms with Crippen molar-refractivity contribution in [3.63, 3.8) is 0 Å². The number of nitrogens with two attached hydrogens (primary N) is 1. The lowest BCUT2D eigenvalue weighted by atomic mass is 10.2. The molecule has 0 spiro atoms. The molecule has 0 aliphatic rings. The minimum absolute atomic E-state index is 0.322. The molecule has 7 heteroatoms. The lowest BCUT2D eigenvalue weighted by Gasteiger charge is -2.06. The van der Waals surface area contributed by atoms with Gasteiger partial charge in [0.05, 0.1) is 16.4 Å². The van der Waals surface area contributed by atoms with Crippen molar-refractivity contribution in [1.29, 1.82) is 0 Å². The summed E-state index contributed by atoms with van der Waals surface area (Å²) >= 11 is 7.37. The van der Waals surface area contributed by atoms with Crippen LogP contribution in [-0.4, -0.2) is 16.1 Å². The van der Waals surface area contributed by atoms with E-state index >= 15 is 0 Å². The quantitative estimate of drug-likeness (QED) is 0.807. The zero-order valence-electron chi connectivity index (χ0n) is 10.1. The third-order valence-electron chi connectivity index (χ3n) is 2.47. The number of halogens is 1. The number of nitrogens with one attached hydrogen (secondary N) is 1. The van der Waals surface area contributed by atoms with E-state index in [0.29, 0.717) is 15.8 Å². The van der Waals surface area contributed by atoms with Crippen LogP contribution in [-0.2, 0) is 4.79 Å². The fourth-order valence-corrected chi connectivity index (χ4v) is 2.49. The first-order valence-corrected chi connectivity index (χ1v) is 6.70. The SMILES string of the molecule is Cc1ccc(Nc2nc(C(N)C(=O)O)cs2)c(Cl)c1. The Balaban J connectivity index is 2.18. The van der Waals surface area contributed by atoms with Crippen molar-refractivity contribution in [3.8, 4) is 0 Å². The van der Waals surface area contributed by atoms with Crippen LogP contribution in [0.1, 0.15) is 17.3 Å². The number of hydrogen-bond donors (Lipinski definition) is 3. The molecule has 0 saturated carbocycles. The number of nitrogens with zero attached hydrogens (tertiary/aromatic N) is 1. The number of carboxylic acids is 1. The van der Waals surface area contributed by atoms with Gasteiger partial charge in [-0.15, -0.1) is 11.3 Å². The van der Waals surface area contributed by atoms with E-state index in [1.54, 1.807) is 5.38 Å². The summed E-state index contributed by atoms with van der Waals surface area (Å²) in [5.74, 6) is -1.11. The van der Waals surface area contributed by atoms with Gasteiger partial charge >= 0.3 is 5.97 Å². The van der Waals surface area contributed by atoms with E-state index in [9.17, 15) is 4.79 Å². The number of hydrogen-bond acceptors (Lipinski definition) is 5. The second-order valence-electron chi connectivity index (χ2n) is 4.00. The van der Waals surface area contributed by atoms with Crippen LogP contribution in [0.4, 0.5) is 10.8 Å². The maximum atomic E-state index is 10.8. The average Bonchev–Trinajstić information content (AvgIpc) is 2.80. The second-order valence-corrected chi connectivity index (χ2v) is 5.27. The summed E-state index contributed by atoms with van der Waals surface area (Å²) in [7, 11) is 0. The van der Waals surface area contributed by atoms with E-state index in [0.717, 1.165) is 11.3 Å². The third kappa shape index (κ3) is 3.23. The maximum Gasteiger partial charge on any atom is 0.326 e. The molecule has 0 fully saturated rings. The highest BCUT2D eigenvalue weighted by atomic mass is 35.5. The Morgan fingerprint density at radius 2 is 2.32 bits per heavy atom. The number of thiazole rings is 1. The summed E-state index contributed by atoms with van der Waals surface area (Å²) in [5.41, 5.74) is 7.59. The highest BCUT2D eigenvalue weighted by Gasteiger charge is 2.17. The highest BCUT2D eigenvalue weighted by molar-refractivity contribution is 7.13. The van der Waals surface area contributed by atoms with Gasteiger partial charge in [-0.05, 0) is 24.6 Å². The largest absolute Gasteiger partial charge is 0.480 e. The highest BCUT2D eigenvalue weighted by Crippen LogP contribution is 2.28. The van der Waals surface area contributed by atoms with E-state index in [4.69, 9.17) is 22.4 Å². The molecule has 1 heterocycles. The first-order chi connectivity index (χ1) is 8.97. The van der Waals surface area contributed by atoms with Crippen molar-refractivity contribution in [2.75, 3.05) is 5.32 Å². The van der Waals surface area contributed by atoms with Crippen LogP contribution in [0.3, 0.4) is 0 Å². The predicted molar refractivity (Wildman–Crippen MR) is 76.1 cm³/mol. The summed E-state index contributed by atoms with van der Waals surface area (Å²) < 4.78 is 0. The van der Waals surface area contributed by atoms with Gasteiger partial charge in [-0.25, -0.2) is 4.98 Å². The Hall–Kier alpha value is -1.63. The molecule has 0 radical (unpaired) electrons. The number of aryl methyl sites for hydroxylation is 1. The molecule has 0 bridgehead atoms. The molecule has 0 amide bonds. The van der Waals surface area contributed by atoms with E-state index in [2.05, 4.69) is 10.3 Å². The number of carboxylic acid groups (broad SMARTS) is 1. The first-order valence-electron chi connectivity index (χ1n) is 5.44. The second kappa shape index (κ2) is 5.56. The van der Waals surface area contributed by atoms with Crippen LogP contribution in [0.2, 0.25) is 5.02 Å². The minimum atomic E-state index is -1.11. The molecule has 2 rings (SSSR count). The van der Waals surface area contributed by atoms with E-state index < -0.39 is 12.0 Å². The van der Waals surface area contributed by atoms with Gasteiger partial charge in [0, 0.05) is 5.38 Å². The van der Waals surface area contributed by atoms with E-state index in [1.807, 2.05) is 25.1 Å². The van der Waals surface area contributed by atoms with E-state index in [-0.39, 0.29) is 0 Å². The van der Waals surface area contributed by atoms with Crippen molar-refractivity contribution in [3.05, 3.63) is 39.9 Å². The van der Waals surface area contributed by atoms with Gasteiger partial charge in [0.15, 0.2) is 5.13 Å². The molecule has 1 aromatic heterocycles. The maximum absolute atomic E-state index is 10.8. The summed E-state index contributed by atoms with van der Waals surface area (Å²) in [4.78, 5) is 14.9. The molecule has 0 aliphatic heterocycles. The zero-order chi connectivity index (χ0) is 14.0. The number of rotatable bonds is 4. The van der Waals surface area contributed by atoms with Crippen LogP contribution < -0.4 is 11.1 Å². The summed E-state index contributed by atoms with van der Waals surface area (Å²) in [6.45, 7) is 1.95. The molecule has 2 aromatic rings. The molecule has 4 N–H and O–H groups in total. The van der Waals surface area contributed by atoms with Crippen LogP contribution in [0.5, 0.6) is 0 Å². The molecule has 0 saturated heterocycles. The summed E-state index contributed by atoms with van der Waals surface area (Å²) in [6, 6.07) is 4.49. The molecule has 1 aromatic carbocycles. The molecule has 100 valence electrons. The molecular weight excluding hydrogens is 286 g/mol. The van der Waals surface area contributed by atoms with Crippen molar-refractivity contribution in [2.45, 2.75) is 13.0 Å². The van der Waals surface area contributed by atoms with Crippen molar-refractivity contribution >= 4 is 39.7 Å². The van der Waals surface area contributed by atoms with Crippen LogP contribution in [0, 0.1) is 6.92 Å². The number of benzene rings is 1. The van der Waals surface area contributed by atoms with Crippen LogP contribution >= 0.6 is 22.9 Å². The number of carbonyl (C=O) groups is 1. The normalized spacial score (nSPS) is 12.2. The number of aromatic nitrogens is 1. The number of anilines is 2. The molecule has 5 nitrogen and oxygen atoms in total. The monoisotopic (exact) mass is 297 g/mol. The molecule has 19 heavy (non-hydrogen) atoms. The summed E-state index contributed by atoms with van der Waals surface area (Å²) in [5, 5.41) is 14.6. The fourth-order valence-electron chi connectivity index (χ4n) is 1.45. The van der Waals surface area contributed by atoms with Crippen molar-refractivity contribution in [2.24, 2.45) is 5.73 Å². The smallest absolute Gasteiger partial charge is 0.326 e. The Morgan fingerprint density at radius 3 is 2.95 bits per heavy atom. The molecular formula is C12H12ClN3O2S. The molecule has 1 atom stereocenters. The van der Waals surface area contributed by atoms with Gasteiger partial charge in [0.1, 0.15) is 6.04 Å². The molecule has 1 unspecified atom stereocenters. The van der Waals surface area contributed by atoms with E-state index in [1.165, 1.54) is 11.3 Å². The zero-order valence-corrected chi connectivity index (χ0v) is 11.6. The number of aliphatic carboxylic acids is 1. The lowest BCUT2D eigenvalue weighted by molar-refractivity contribution is -0.138. The Bertz CT molecular complexity index is 615. The third-order valence-corrected chi connectivity index (χ3v) is 3.56. The Labute approximate surface area is 119 Å². The van der Waals surface area contributed by atoms with Gasteiger partial charge in [0.2, 0.25) is 0 Å². The van der Waals surface area contributed by atoms with Gasteiger partial charge in [0.25, 0.3) is 0 Å². The minimum Gasteiger partial charge on any atom is -0.480 e. The van der Waals surface area contributed by atoms with Gasteiger partial charge < -0.3 is 16.2 Å². The Kier molecular flexibility index (Phi) is 4.04.